The minimum absolute atomic E-state index is 0.0602. The van der Waals surface area contributed by atoms with Gasteiger partial charge in [0.25, 0.3) is 11.8 Å². The first-order valence-corrected chi connectivity index (χ1v) is 9.47. The molecule has 0 aliphatic heterocycles. The molecule has 2 aromatic carbocycles. The number of aromatic nitrogens is 2. The number of carbonyl (C=O) groups is 3. The number of halogens is 1. The Morgan fingerprint density at radius 1 is 0.969 bits per heavy atom. The quantitative estimate of drug-likeness (QED) is 0.549. The highest BCUT2D eigenvalue weighted by molar-refractivity contribution is 5.97. The fourth-order valence-electron chi connectivity index (χ4n) is 2.67. The van der Waals surface area contributed by atoms with Crippen LogP contribution in [0.3, 0.4) is 0 Å². The van der Waals surface area contributed by atoms with Crippen molar-refractivity contribution >= 4 is 17.8 Å². The van der Waals surface area contributed by atoms with Crippen molar-refractivity contribution in [3.8, 4) is 0 Å². The third-order valence-electron chi connectivity index (χ3n) is 4.44. The van der Waals surface area contributed by atoms with Gasteiger partial charge >= 0.3 is 5.97 Å². The van der Waals surface area contributed by atoms with Gasteiger partial charge in [-0.25, -0.2) is 19.2 Å². The molecule has 0 saturated carbocycles. The third-order valence-corrected chi connectivity index (χ3v) is 4.44. The zero-order chi connectivity index (χ0) is 24.9. The lowest BCUT2D eigenvalue weighted by Crippen LogP contribution is -2.27. The first kappa shape index (κ1) is 19.8. The van der Waals surface area contributed by atoms with Gasteiger partial charge in [0.1, 0.15) is 23.5 Å². The van der Waals surface area contributed by atoms with E-state index in [1.54, 1.807) is 24.3 Å². The molecule has 0 aliphatic carbocycles. The van der Waals surface area contributed by atoms with E-state index in [4.69, 9.17) is 2.74 Å². The highest BCUT2D eigenvalue weighted by atomic mass is 19.1. The Morgan fingerprint density at radius 2 is 1.59 bits per heavy atom. The topological polar surface area (TPSA) is 110 Å². The van der Waals surface area contributed by atoms with E-state index < -0.39 is 30.1 Å². The molecule has 32 heavy (non-hydrogen) atoms. The second-order valence-corrected chi connectivity index (χ2v) is 6.70. The van der Waals surface area contributed by atoms with Crippen molar-refractivity contribution in [1.29, 1.82) is 0 Å². The number of nitrogens with one attached hydrogen (secondary N) is 2. The Kier molecular flexibility index (Phi) is 6.34. The highest BCUT2D eigenvalue weighted by Gasteiger charge is 2.13. The van der Waals surface area contributed by atoms with Crippen LogP contribution in [-0.4, -0.2) is 34.9 Å². The molecule has 3 aromatic rings. The Hall–Kier alpha value is -4.14. The fraction of sp³-hybridized carbons (Fsp3) is 0.174. The fourth-order valence-corrected chi connectivity index (χ4v) is 2.67. The smallest absolute Gasteiger partial charge is 0.337 e. The van der Waals surface area contributed by atoms with Crippen LogP contribution in [0.2, 0.25) is 0 Å². The number of hydrogen-bond donors (Lipinski definition) is 2. The summed E-state index contributed by atoms with van der Waals surface area (Å²) in [7, 11) is 1.28. The summed E-state index contributed by atoms with van der Waals surface area (Å²) in [6.07, 6.45) is 1.02. The molecule has 0 radical (unpaired) electrons. The summed E-state index contributed by atoms with van der Waals surface area (Å²) >= 11 is 0. The largest absolute Gasteiger partial charge is 0.465 e. The van der Waals surface area contributed by atoms with Crippen LogP contribution in [0.25, 0.3) is 0 Å². The lowest BCUT2D eigenvalue weighted by atomic mass is 10.1. The number of nitrogens with zero attached hydrogens (tertiary/aromatic N) is 2. The molecule has 9 heteroatoms. The Labute approximate surface area is 186 Å². The van der Waals surface area contributed by atoms with Gasteiger partial charge in [-0.3, -0.25) is 9.59 Å². The molecule has 2 amide bonds. The first-order valence-electron chi connectivity index (χ1n) is 10.5. The average molecular weight is 438 g/mol. The maximum absolute atomic E-state index is 13.5. The lowest BCUT2D eigenvalue weighted by molar-refractivity contribution is 0.0600. The number of carbonyl (C=O) groups excluding carboxylic acids is 3. The number of rotatable bonds is 7. The van der Waals surface area contributed by atoms with Crippen LogP contribution in [0, 0.1) is 12.7 Å². The van der Waals surface area contributed by atoms with Gasteiger partial charge < -0.3 is 15.4 Å². The van der Waals surface area contributed by atoms with E-state index in [-0.39, 0.29) is 29.1 Å². The summed E-state index contributed by atoms with van der Waals surface area (Å²) in [5.41, 5.74) is 1.08. The molecule has 1 aromatic heterocycles. The van der Waals surface area contributed by atoms with Gasteiger partial charge in [0.2, 0.25) is 0 Å². The summed E-state index contributed by atoms with van der Waals surface area (Å²) in [5.74, 6) is -2.41. The predicted molar refractivity (Wildman–Crippen MR) is 113 cm³/mol. The average Bonchev–Trinajstić information content (AvgIpc) is 2.83. The van der Waals surface area contributed by atoms with Crippen LogP contribution in [0.15, 0.2) is 54.9 Å². The van der Waals surface area contributed by atoms with Gasteiger partial charge in [0.15, 0.2) is 0 Å². The van der Waals surface area contributed by atoms with Gasteiger partial charge in [-0.05, 0) is 41.8 Å². The van der Waals surface area contributed by atoms with E-state index in [0.717, 1.165) is 24.0 Å². The second kappa shape index (κ2) is 10.3. The number of hydrogen-bond acceptors (Lipinski definition) is 6. The molecular weight excluding hydrogens is 415 g/mol. The van der Waals surface area contributed by atoms with E-state index in [1.165, 1.54) is 26.2 Å². The summed E-state index contributed by atoms with van der Waals surface area (Å²) < 4.78 is 34.4. The van der Waals surface area contributed by atoms with Gasteiger partial charge in [-0.2, -0.15) is 0 Å². The molecule has 0 fully saturated rings. The first-order chi connectivity index (χ1) is 16.1. The van der Waals surface area contributed by atoms with Crippen LogP contribution < -0.4 is 10.6 Å². The Morgan fingerprint density at radius 3 is 2.22 bits per heavy atom. The molecule has 2 N–H and O–H groups in total. The van der Waals surface area contributed by atoms with Crippen molar-refractivity contribution < 1.29 is 26.3 Å². The van der Waals surface area contributed by atoms with Crippen molar-refractivity contribution in [2.75, 3.05) is 7.11 Å². The molecule has 0 unspecified atom stereocenters. The van der Waals surface area contributed by atoms with Crippen LogP contribution in [0.1, 0.15) is 50.8 Å². The maximum atomic E-state index is 13.5. The molecule has 1 heterocycles. The predicted octanol–water partition coefficient (Wildman–Crippen LogP) is 2.57. The van der Waals surface area contributed by atoms with E-state index >= 15 is 0 Å². The minimum atomic E-state index is -2.31. The van der Waals surface area contributed by atoms with Gasteiger partial charge in [-0.15, -0.1) is 0 Å². The van der Waals surface area contributed by atoms with Crippen LogP contribution in [0.4, 0.5) is 4.39 Å². The second-order valence-electron chi connectivity index (χ2n) is 6.70. The molecular formula is C23H21FN4O4. The number of benzene rings is 2. The molecule has 0 saturated heterocycles. The van der Waals surface area contributed by atoms with E-state index in [2.05, 4.69) is 25.3 Å². The van der Waals surface area contributed by atoms with Crippen molar-refractivity contribution in [1.82, 2.24) is 20.6 Å². The van der Waals surface area contributed by atoms with E-state index in [1.807, 2.05) is 0 Å². The standard InChI is InChI=1S/C23H21FN4O4/c1-14-9-16(5-8-18(14)24)12-26-22(30)20-10-19(27-13-28-20)21(29)25-11-15-3-6-17(7-4-15)23(31)32-2/h3-10,13H,11-12H2,1-2H3,(H,25,29)(H,26,30)/i12D2. The summed E-state index contributed by atoms with van der Waals surface area (Å²) in [4.78, 5) is 44.2. The highest BCUT2D eigenvalue weighted by Crippen LogP contribution is 2.10. The van der Waals surface area contributed by atoms with E-state index in [9.17, 15) is 18.8 Å². The summed E-state index contributed by atoms with van der Waals surface area (Å²) in [6.45, 7) is -0.683. The molecule has 164 valence electrons. The number of ether oxygens (including phenoxy) is 1. The van der Waals surface area contributed by atoms with Gasteiger partial charge in [-0.1, -0.05) is 24.3 Å². The maximum Gasteiger partial charge on any atom is 0.337 e. The van der Waals surface area contributed by atoms with Crippen molar-refractivity contribution in [2.45, 2.75) is 20.0 Å². The molecule has 0 spiro atoms. The lowest BCUT2D eigenvalue weighted by Gasteiger charge is -2.08. The van der Waals surface area contributed by atoms with Gasteiger partial charge in [0.05, 0.1) is 15.4 Å². The van der Waals surface area contributed by atoms with Crippen molar-refractivity contribution in [3.63, 3.8) is 0 Å². The number of methoxy groups -OCH3 is 1. The van der Waals surface area contributed by atoms with Crippen molar-refractivity contribution in [3.05, 3.63) is 94.3 Å². The normalized spacial score (nSPS) is 11.7. The molecule has 0 aliphatic rings. The number of amides is 2. The van der Waals surface area contributed by atoms with Crippen LogP contribution in [-0.2, 0) is 17.8 Å². The monoisotopic (exact) mass is 438 g/mol. The molecule has 8 nitrogen and oxygen atoms in total. The van der Waals surface area contributed by atoms with Gasteiger partial charge in [0, 0.05) is 19.1 Å². The summed E-state index contributed by atoms with van der Waals surface area (Å²) in [6, 6.07) is 11.2. The zero-order valence-corrected chi connectivity index (χ0v) is 17.3. The number of aryl methyl sites for hydroxylation is 1. The van der Waals surface area contributed by atoms with Crippen molar-refractivity contribution in [2.24, 2.45) is 0 Å². The Bertz CT molecular complexity index is 1240. The molecule has 0 bridgehead atoms. The molecule has 0 atom stereocenters. The Balaban J connectivity index is 1.66. The SMILES string of the molecule is [2H]C([2H])(NC(=O)c1cc(C(=O)NCc2ccc(C(=O)OC)cc2)ncn1)c1ccc(F)c(C)c1. The minimum Gasteiger partial charge on any atom is -0.465 e. The summed E-state index contributed by atoms with van der Waals surface area (Å²) in [5, 5.41) is 4.83. The van der Waals surface area contributed by atoms with Crippen LogP contribution >= 0.6 is 0 Å². The van der Waals surface area contributed by atoms with E-state index in [0.29, 0.717) is 5.56 Å². The third kappa shape index (κ3) is 5.72. The number of esters is 1. The zero-order valence-electron chi connectivity index (χ0n) is 19.3. The molecule has 3 rings (SSSR count). The van der Waals surface area contributed by atoms with Crippen LogP contribution in [0.5, 0.6) is 0 Å².